The van der Waals surface area contributed by atoms with E-state index >= 15 is 0 Å². The van der Waals surface area contributed by atoms with Gasteiger partial charge in [0.2, 0.25) is 0 Å². The Bertz CT molecular complexity index is 322. The zero-order valence-corrected chi connectivity index (χ0v) is 13.3. The van der Waals surface area contributed by atoms with Gasteiger partial charge in [0.25, 0.3) is 0 Å². The van der Waals surface area contributed by atoms with E-state index in [2.05, 4.69) is 13.8 Å². The van der Waals surface area contributed by atoms with Gasteiger partial charge in [-0.15, -0.1) is 0 Å². The highest BCUT2D eigenvalue weighted by Gasteiger charge is 2.35. The van der Waals surface area contributed by atoms with Gasteiger partial charge in [0.1, 0.15) is 11.6 Å². The zero-order valence-electron chi connectivity index (χ0n) is 13.3. The Morgan fingerprint density at radius 2 is 1.63 bits per heavy atom. The van der Waals surface area contributed by atoms with Crippen molar-refractivity contribution in [3.63, 3.8) is 0 Å². The molecular weight excluding hydrogens is 236 g/mol. The van der Waals surface area contributed by atoms with Crippen LogP contribution in [0.2, 0.25) is 0 Å². The van der Waals surface area contributed by atoms with Gasteiger partial charge in [0.15, 0.2) is 0 Å². The van der Waals surface area contributed by atoms with Gasteiger partial charge in [-0.2, -0.15) is 0 Å². The van der Waals surface area contributed by atoms with Crippen LogP contribution in [0.1, 0.15) is 73.1 Å². The van der Waals surface area contributed by atoms with Gasteiger partial charge in [0.05, 0.1) is 0 Å². The molecule has 1 atom stereocenters. The van der Waals surface area contributed by atoms with E-state index < -0.39 is 0 Å². The molecule has 2 heteroatoms. The zero-order chi connectivity index (χ0) is 14.6. The standard InChI is InChI=1S/C17H30O2/c1-12(2)15(18)13(3)10-11-17(4,5)16(19)14-8-6-7-9-14/h12-14H,6-11H2,1-5H3. The maximum atomic E-state index is 12.5. The van der Waals surface area contributed by atoms with Crippen LogP contribution >= 0.6 is 0 Å². The first-order chi connectivity index (χ1) is 8.75. The molecule has 1 fully saturated rings. The van der Waals surface area contributed by atoms with Crippen LogP contribution in [-0.4, -0.2) is 11.6 Å². The topological polar surface area (TPSA) is 34.1 Å². The molecule has 0 aromatic carbocycles. The molecule has 0 aromatic rings. The van der Waals surface area contributed by atoms with Crippen LogP contribution in [0.15, 0.2) is 0 Å². The number of carbonyl (C=O) groups excluding carboxylic acids is 2. The van der Waals surface area contributed by atoms with Crippen LogP contribution in [0.3, 0.4) is 0 Å². The minimum atomic E-state index is -0.263. The Morgan fingerprint density at radius 3 is 2.11 bits per heavy atom. The van der Waals surface area contributed by atoms with Crippen molar-refractivity contribution in [1.29, 1.82) is 0 Å². The van der Waals surface area contributed by atoms with E-state index in [1.165, 1.54) is 12.8 Å². The fourth-order valence-corrected chi connectivity index (χ4v) is 3.15. The second-order valence-corrected chi connectivity index (χ2v) is 7.23. The normalized spacial score (nSPS) is 18.8. The molecule has 0 bridgehead atoms. The van der Waals surface area contributed by atoms with Gasteiger partial charge in [-0.05, 0) is 25.7 Å². The Morgan fingerprint density at radius 1 is 1.11 bits per heavy atom. The summed E-state index contributed by atoms with van der Waals surface area (Å²) in [6.07, 6.45) is 6.22. The molecule has 1 saturated carbocycles. The van der Waals surface area contributed by atoms with Crippen molar-refractivity contribution in [3.8, 4) is 0 Å². The lowest BCUT2D eigenvalue weighted by Crippen LogP contribution is -2.31. The highest BCUT2D eigenvalue weighted by atomic mass is 16.1. The van der Waals surface area contributed by atoms with Crippen LogP contribution < -0.4 is 0 Å². The molecule has 1 aliphatic carbocycles. The Kier molecular flexibility index (Phi) is 5.76. The van der Waals surface area contributed by atoms with Crippen LogP contribution in [0, 0.1) is 23.2 Å². The van der Waals surface area contributed by atoms with E-state index in [4.69, 9.17) is 0 Å². The predicted molar refractivity (Wildman–Crippen MR) is 79.0 cm³/mol. The SMILES string of the molecule is CC(C)C(=O)C(C)CCC(C)(C)C(=O)C1CCCC1. The lowest BCUT2D eigenvalue weighted by Gasteiger charge is -2.27. The number of ketones is 2. The van der Waals surface area contributed by atoms with Crippen LogP contribution in [0.4, 0.5) is 0 Å². The molecule has 1 aliphatic rings. The third kappa shape index (κ3) is 4.43. The summed E-state index contributed by atoms with van der Waals surface area (Å²) in [5.41, 5.74) is -0.263. The molecule has 0 N–H and O–H groups in total. The molecule has 0 amide bonds. The van der Waals surface area contributed by atoms with Crippen LogP contribution in [-0.2, 0) is 9.59 Å². The van der Waals surface area contributed by atoms with Gasteiger partial charge in [-0.3, -0.25) is 9.59 Å². The van der Waals surface area contributed by atoms with Crippen molar-refractivity contribution < 1.29 is 9.59 Å². The minimum Gasteiger partial charge on any atom is -0.299 e. The molecule has 0 radical (unpaired) electrons. The average molecular weight is 266 g/mol. The maximum absolute atomic E-state index is 12.5. The fourth-order valence-electron chi connectivity index (χ4n) is 3.15. The first kappa shape index (κ1) is 16.4. The summed E-state index contributed by atoms with van der Waals surface area (Å²) in [7, 11) is 0. The molecule has 0 saturated heterocycles. The molecular formula is C17H30O2. The Balaban J connectivity index is 2.49. The van der Waals surface area contributed by atoms with Crippen molar-refractivity contribution in [2.75, 3.05) is 0 Å². The molecule has 0 aliphatic heterocycles. The highest BCUT2D eigenvalue weighted by molar-refractivity contribution is 5.86. The van der Waals surface area contributed by atoms with E-state index in [-0.39, 0.29) is 23.2 Å². The van der Waals surface area contributed by atoms with E-state index in [1.807, 2.05) is 20.8 Å². The number of hydrogen-bond acceptors (Lipinski definition) is 2. The van der Waals surface area contributed by atoms with E-state index in [0.29, 0.717) is 11.6 Å². The van der Waals surface area contributed by atoms with E-state index in [0.717, 1.165) is 25.7 Å². The molecule has 0 aromatic heterocycles. The van der Waals surface area contributed by atoms with Crippen LogP contribution in [0.25, 0.3) is 0 Å². The molecule has 0 heterocycles. The van der Waals surface area contributed by atoms with Crippen molar-refractivity contribution >= 4 is 11.6 Å². The summed E-state index contributed by atoms with van der Waals surface area (Å²) in [6.45, 7) is 10.0. The summed E-state index contributed by atoms with van der Waals surface area (Å²) in [5, 5.41) is 0. The van der Waals surface area contributed by atoms with Crippen molar-refractivity contribution in [1.82, 2.24) is 0 Å². The summed E-state index contributed by atoms with van der Waals surface area (Å²) < 4.78 is 0. The van der Waals surface area contributed by atoms with E-state index in [9.17, 15) is 9.59 Å². The van der Waals surface area contributed by atoms with Gasteiger partial charge in [0, 0.05) is 23.2 Å². The number of Topliss-reactive ketones (excluding diaryl/α,β-unsaturated/α-hetero) is 2. The molecule has 2 nitrogen and oxygen atoms in total. The maximum Gasteiger partial charge on any atom is 0.141 e. The number of rotatable bonds is 7. The van der Waals surface area contributed by atoms with Crippen LogP contribution in [0.5, 0.6) is 0 Å². The second-order valence-electron chi connectivity index (χ2n) is 7.23. The third-order valence-electron chi connectivity index (χ3n) is 4.65. The minimum absolute atomic E-state index is 0.0793. The quantitative estimate of drug-likeness (QED) is 0.684. The average Bonchev–Trinajstić information content (AvgIpc) is 2.87. The van der Waals surface area contributed by atoms with E-state index in [1.54, 1.807) is 0 Å². The van der Waals surface area contributed by atoms with Crippen molar-refractivity contribution in [3.05, 3.63) is 0 Å². The van der Waals surface area contributed by atoms with Gasteiger partial charge < -0.3 is 0 Å². The second kappa shape index (κ2) is 6.67. The highest BCUT2D eigenvalue weighted by Crippen LogP contribution is 2.36. The number of hydrogen-bond donors (Lipinski definition) is 0. The molecule has 1 rings (SSSR count). The first-order valence-corrected chi connectivity index (χ1v) is 7.83. The monoisotopic (exact) mass is 266 g/mol. The number of carbonyl (C=O) groups is 2. The molecule has 19 heavy (non-hydrogen) atoms. The fraction of sp³-hybridized carbons (Fsp3) is 0.882. The molecule has 0 spiro atoms. The summed E-state index contributed by atoms with van der Waals surface area (Å²) in [4.78, 5) is 24.4. The predicted octanol–water partition coefficient (Wildman–Crippen LogP) is 4.41. The summed E-state index contributed by atoms with van der Waals surface area (Å²) in [6, 6.07) is 0. The van der Waals surface area contributed by atoms with Crippen molar-refractivity contribution in [2.45, 2.75) is 73.1 Å². The Hall–Kier alpha value is -0.660. The van der Waals surface area contributed by atoms with Gasteiger partial charge in [-0.25, -0.2) is 0 Å². The first-order valence-electron chi connectivity index (χ1n) is 7.83. The lowest BCUT2D eigenvalue weighted by atomic mass is 9.75. The summed E-state index contributed by atoms with van der Waals surface area (Å²) in [5.74, 6) is 1.21. The lowest BCUT2D eigenvalue weighted by molar-refractivity contribution is -0.132. The molecule has 110 valence electrons. The smallest absolute Gasteiger partial charge is 0.141 e. The van der Waals surface area contributed by atoms with Gasteiger partial charge >= 0.3 is 0 Å². The largest absolute Gasteiger partial charge is 0.299 e. The van der Waals surface area contributed by atoms with Gasteiger partial charge in [-0.1, -0.05) is 47.5 Å². The van der Waals surface area contributed by atoms with Crippen molar-refractivity contribution in [2.24, 2.45) is 23.2 Å². The third-order valence-corrected chi connectivity index (χ3v) is 4.65. The Labute approximate surface area is 118 Å². The summed E-state index contributed by atoms with van der Waals surface area (Å²) >= 11 is 0. The molecule has 1 unspecified atom stereocenters.